The quantitative estimate of drug-likeness (QED) is 0.295. The fourth-order valence-corrected chi connectivity index (χ4v) is 2.81. The van der Waals surface area contributed by atoms with Crippen LogP contribution in [-0.4, -0.2) is 43.6 Å². The predicted molar refractivity (Wildman–Crippen MR) is 113 cm³/mol. The average molecular weight is 453 g/mol. The SMILES string of the molecule is Cc1cn(-c2nc(-n3cc(C)c(=O)[nH]c3=O)nc(-n3cc(C)c(=O)[nH]c3=O)n2)c(=O)[nH]c1=O. The van der Waals surface area contributed by atoms with Crippen molar-refractivity contribution >= 4 is 0 Å². The molecule has 168 valence electrons. The van der Waals surface area contributed by atoms with Gasteiger partial charge in [0.25, 0.3) is 16.7 Å². The van der Waals surface area contributed by atoms with Gasteiger partial charge in [-0.3, -0.25) is 29.3 Å². The van der Waals surface area contributed by atoms with Crippen LogP contribution in [0.1, 0.15) is 16.7 Å². The molecule has 4 heterocycles. The van der Waals surface area contributed by atoms with E-state index in [9.17, 15) is 28.8 Å². The molecule has 4 aromatic heterocycles. The minimum absolute atomic E-state index is 0.159. The molecule has 15 nitrogen and oxygen atoms in total. The summed E-state index contributed by atoms with van der Waals surface area (Å²) in [5.74, 6) is -1.03. The maximum atomic E-state index is 12.4. The van der Waals surface area contributed by atoms with Crippen molar-refractivity contribution in [3.8, 4) is 17.8 Å². The number of H-pyrrole nitrogens is 3. The second kappa shape index (κ2) is 7.63. The molecule has 0 atom stereocenters. The molecule has 0 aliphatic rings. The van der Waals surface area contributed by atoms with E-state index in [0.29, 0.717) is 0 Å². The molecule has 0 radical (unpaired) electrons. The first-order chi connectivity index (χ1) is 15.5. The molecule has 0 aromatic carbocycles. The first kappa shape index (κ1) is 21.3. The summed E-state index contributed by atoms with van der Waals surface area (Å²) in [6.45, 7) is 4.34. The summed E-state index contributed by atoms with van der Waals surface area (Å²) in [4.78, 5) is 91.0. The van der Waals surface area contributed by atoms with Gasteiger partial charge in [0.15, 0.2) is 0 Å². The van der Waals surface area contributed by atoms with Crippen molar-refractivity contribution < 1.29 is 0 Å². The van der Waals surface area contributed by atoms with Crippen LogP contribution in [0, 0.1) is 20.8 Å². The lowest BCUT2D eigenvalue weighted by Gasteiger charge is -2.11. The number of nitrogens with zero attached hydrogens (tertiary/aromatic N) is 6. The van der Waals surface area contributed by atoms with Crippen LogP contribution in [0.15, 0.2) is 47.4 Å². The van der Waals surface area contributed by atoms with Gasteiger partial charge in [0.2, 0.25) is 17.8 Å². The highest BCUT2D eigenvalue weighted by molar-refractivity contribution is 5.28. The smallest absolute Gasteiger partial charge is 0.273 e. The molecule has 0 spiro atoms. The Labute approximate surface area is 180 Å². The minimum Gasteiger partial charge on any atom is -0.273 e. The molecule has 4 rings (SSSR count). The van der Waals surface area contributed by atoms with Crippen molar-refractivity contribution in [1.29, 1.82) is 0 Å². The van der Waals surface area contributed by atoms with Crippen LogP contribution in [0.4, 0.5) is 0 Å². The Morgan fingerprint density at radius 1 is 0.515 bits per heavy atom. The Bertz CT molecular complexity index is 1560. The normalized spacial score (nSPS) is 11.0. The number of hydrogen-bond donors (Lipinski definition) is 3. The van der Waals surface area contributed by atoms with Gasteiger partial charge in [0.05, 0.1) is 0 Å². The highest BCUT2D eigenvalue weighted by atomic mass is 16.2. The van der Waals surface area contributed by atoms with Gasteiger partial charge in [0.1, 0.15) is 0 Å². The first-order valence-corrected chi connectivity index (χ1v) is 9.30. The van der Waals surface area contributed by atoms with Crippen molar-refractivity contribution in [3.05, 3.63) is 97.8 Å². The zero-order valence-corrected chi connectivity index (χ0v) is 17.4. The minimum atomic E-state index is -0.885. The molecule has 4 aromatic rings. The molecule has 0 amide bonds. The van der Waals surface area contributed by atoms with Gasteiger partial charge in [-0.2, -0.15) is 15.0 Å². The maximum Gasteiger partial charge on any atom is 0.335 e. The molecule has 0 saturated heterocycles. The van der Waals surface area contributed by atoms with E-state index in [1.54, 1.807) is 0 Å². The largest absolute Gasteiger partial charge is 0.335 e. The third-order valence-electron chi connectivity index (χ3n) is 4.61. The molecular weight excluding hydrogens is 438 g/mol. The van der Waals surface area contributed by atoms with Gasteiger partial charge in [0, 0.05) is 35.3 Å². The van der Waals surface area contributed by atoms with E-state index in [-0.39, 0.29) is 34.5 Å². The van der Waals surface area contributed by atoms with Crippen molar-refractivity contribution in [2.24, 2.45) is 0 Å². The van der Waals surface area contributed by atoms with Gasteiger partial charge >= 0.3 is 17.1 Å². The monoisotopic (exact) mass is 453 g/mol. The Morgan fingerprint density at radius 2 is 0.758 bits per heavy atom. The van der Waals surface area contributed by atoms with Crippen molar-refractivity contribution in [1.82, 2.24) is 43.6 Å². The van der Waals surface area contributed by atoms with E-state index < -0.39 is 33.7 Å². The molecule has 0 unspecified atom stereocenters. The second-order valence-corrected chi connectivity index (χ2v) is 7.06. The standard InChI is InChI=1S/C18H15N9O6/c1-7-4-25(16(31)19-10(7)28)13-22-14(26-5-8(2)11(29)20-17(26)32)24-15(23-13)27-6-9(3)12(30)21-18(27)33/h4-6H,1-3H3,(H,19,28,31)(H,20,29,32)(H,21,30,33). The Hall–Kier alpha value is -4.95. The van der Waals surface area contributed by atoms with Crippen LogP contribution in [0.2, 0.25) is 0 Å². The lowest BCUT2D eigenvalue weighted by atomic mass is 10.4. The van der Waals surface area contributed by atoms with Gasteiger partial charge in [-0.1, -0.05) is 0 Å². The summed E-state index contributed by atoms with van der Waals surface area (Å²) in [5, 5.41) is 0. The van der Waals surface area contributed by atoms with E-state index >= 15 is 0 Å². The third kappa shape index (κ3) is 3.78. The zero-order chi connectivity index (χ0) is 24.0. The fraction of sp³-hybridized carbons (Fsp3) is 0.167. The van der Waals surface area contributed by atoms with Crippen molar-refractivity contribution in [2.75, 3.05) is 0 Å². The predicted octanol–water partition coefficient (Wildman–Crippen LogP) is -2.69. The van der Waals surface area contributed by atoms with Gasteiger partial charge in [-0.25, -0.2) is 28.1 Å². The maximum absolute atomic E-state index is 12.4. The lowest BCUT2D eigenvalue weighted by molar-refractivity contribution is 0.728. The third-order valence-corrected chi connectivity index (χ3v) is 4.61. The van der Waals surface area contributed by atoms with E-state index in [2.05, 4.69) is 29.9 Å². The molecule has 15 heteroatoms. The number of aromatic amines is 3. The van der Waals surface area contributed by atoms with E-state index in [1.165, 1.54) is 39.4 Å². The van der Waals surface area contributed by atoms with Crippen LogP contribution in [0.25, 0.3) is 17.8 Å². The number of nitrogens with one attached hydrogen (secondary N) is 3. The Kier molecular flexibility index (Phi) is 4.92. The van der Waals surface area contributed by atoms with E-state index in [4.69, 9.17) is 0 Å². The molecular formula is C18H15N9O6. The van der Waals surface area contributed by atoms with Crippen LogP contribution in [-0.2, 0) is 0 Å². The summed E-state index contributed by atoms with van der Waals surface area (Å²) in [7, 11) is 0. The molecule has 0 aliphatic carbocycles. The van der Waals surface area contributed by atoms with Crippen molar-refractivity contribution in [3.63, 3.8) is 0 Å². The van der Waals surface area contributed by atoms with Crippen LogP contribution < -0.4 is 33.7 Å². The lowest BCUT2D eigenvalue weighted by Crippen LogP contribution is -2.35. The van der Waals surface area contributed by atoms with Crippen LogP contribution in [0.5, 0.6) is 0 Å². The first-order valence-electron chi connectivity index (χ1n) is 9.30. The van der Waals surface area contributed by atoms with Crippen LogP contribution >= 0.6 is 0 Å². The molecule has 0 bridgehead atoms. The van der Waals surface area contributed by atoms with E-state index in [0.717, 1.165) is 13.7 Å². The molecule has 0 aliphatic heterocycles. The number of aromatic nitrogens is 9. The second-order valence-electron chi connectivity index (χ2n) is 7.06. The molecule has 0 saturated carbocycles. The summed E-state index contributed by atoms with van der Waals surface area (Å²) in [5.41, 5.74) is -4.04. The summed E-state index contributed by atoms with van der Waals surface area (Å²) in [6, 6.07) is 0. The average Bonchev–Trinajstić information content (AvgIpc) is 2.75. The highest BCUT2D eigenvalue weighted by Gasteiger charge is 2.16. The number of rotatable bonds is 3. The van der Waals surface area contributed by atoms with Crippen LogP contribution in [0.3, 0.4) is 0 Å². The number of hydrogen-bond acceptors (Lipinski definition) is 9. The Balaban J connectivity index is 2.11. The topological polar surface area (TPSA) is 203 Å². The fourth-order valence-electron chi connectivity index (χ4n) is 2.81. The van der Waals surface area contributed by atoms with Crippen molar-refractivity contribution in [2.45, 2.75) is 20.8 Å². The molecule has 33 heavy (non-hydrogen) atoms. The summed E-state index contributed by atoms with van der Waals surface area (Å²) in [6.07, 6.45) is 3.52. The van der Waals surface area contributed by atoms with Gasteiger partial charge in [-0.05, 0) is 20.8 Å². The van der Waals surface area contributed by atoms with Gasteiger partial charge < -0.3 is 0 Å². The zero-order valence-electron chi connectivity index (χ0n) is 17.4. The summed E-state index contributed by atoms with van der Waals surface area (Å²) < 4.78 is 2.66. The Morgan fingerprint density at radius 3 is 1.00 bits per heavy atom. The van der Waals surface area contributed by atoms with E-state index in [1.807, 2.05) is 0 Å². The highest BCUT2D eigenvalue weighted by Crippen LogP contribution is 2.07. The summed E-state index contributed by atoms with van der Waals surface area (Å²) >= 11 is 0. The van der Waals surface area contributed by atoms with Gasteiger partial charge in [-0.15, -0.1) is 0 Å². The molecule has 3 N–H and O–H groups in total. The number of aryl methyl sites for hydroxylation is 3. The molecule has 0 fully saturated rings.